The monoisotopic (exact) mass is 155 g/mol. The van der Waals surface area contributed by atoms with Gasteiger partial charge >= 0.3 is 0 Å². The van der Waals surface area contributed by atoms with Gasteiger partial charge in [-0.2, -0.15) is 0 Å². The van der Waals surface area contributed by atoms with Crippen LogP contribution in [0.4, 0.5) is 0 Å². The Labute approximate surface area is 60.0 Å². The molecule has 0 aromatic carbocycles. The number of nitrogens with zero attached hydrogens (tertiary/aromatic N) is 1. The second-order valence-electron chi connectivity index (χ2n) is 1.64. The first-order valence-electron chi connectivity index (χ1n) is 2.50. The lowest BCUT2D eigenvalue weighted by Gasteiger charge is -2.00. The zero-order valence-corrected chi connectivity index (χ0v) is 5.07. The smallest absolute Gasteiger partial charge is 0.191 e. The highest BCUT2D eigenvalue weighted by Crippen LogP contribution is 2.04. The first kappa shape index (κ1) is 7.26. The van der Waals surface area contributed by atoms with Crippen molar-refractivity contribution in [3.8, 4) is 0 Å². The van der Waals surface area contributed by atoms with Crippen LogP contribution in [0.3, 0.4) is 0 Å². The van der Waals surface area contributed by atoms with Crippen LogP contribution in [-0.2, 0) is 0 Å². The van der Waals surface area contributed by atoms with Crippen molar-refractivity contribution >= 4 is 11.9 Å². The number of hydrogen-bond donors (Lipinski definition) is 0. The van der Waals surface area contributed by atoms with Crippen molar-refractivity contribution in [3.05, 3.63) is 17.5 Å². The number of aromatic nitrogens is 1. The van der Waals surface area contributed by atoms with Crippen molar-refractivity contribution < 1.29 is 24.3 Å². The summed E-state index contributed by atoms with van der Waals surface area (Å²) in [5.74, 6) is -4.22. The molecule has 0 saturated carbocycles. The van der Waals surface area contributed by atoms with Crippen LogP contribution in [0.5, 0.6) is 0 Å². The van der Waals surface area contributed by atoms with Gasteiger partial charge in [0.05, 0.1) is 17.7 Å². The van der Waals surface area contributed by atoms with E-state index in [0.29, 0.717) is 0 Å². The minimum absolute atomic E-state index is 0.620. The van der Waals surface area contributed by atoms with Gasteiger partial charge in [0, 0.05) is 0 Å². The number of carbonyl (C=O) groups is 2. The van der Waals surface area contributed by atoms with Crippen molar-refractivity contribution in [1.82, 2.24) is 5.16 Å². The number of hydrogen-bond acceptors (Lipinski definition) is 6. The molecule has 0 saturated heterocycles. The van der Waals surface area contributed by atoms with Crippen molar-refractivity contribution in [3.63, 3.8) is 0 Å². The van der Waals surface area contributed by atoms with Gasteiger partial charge in [0.25, 0.3) is 0 Å². The van der Waals surface area contributed by atoms with E-state index in [0.717, 1.165) is 6.20 Å². The number of rotatable bonds is 2. The summed E-state index contributed by atoms with van der Waals surface area (Å²) in [6.07, 6.45) is 0.737. The van der Waals surface area contributed by atoms with E-state index >= 15 is 0 Å². The quantitative estimate of drug-likeness (QED) is 0.463. The molecule has 0 aliphatic carbocycles. The maximum absolute atomic E-state index is 10.1. The van der Waals surface area contributed by atoms with E-state index in [1.54, 1.807) is 0 Å². The average molecular weight is 155 g/mol. The van der Waals surface area contributed by atoms with Crippen LogP contribution in [0.1, 0.15) is 20.9 Å². The molecule has 6 heteroatoms. The van der Waals surface area contributed by atoms with E-state index in [2.05, 4.69) is 9.68 Å². The van der Waals surface area contributed by atoms with Gasteiger partial charge in [-0.3, -0.25) is 0 Å². The van der Waals surface area contributed by atoms with E-state index in [1.165, 1.54) is 0 Å². The Morgan fingerprint density at radius 1 is 1.36 bits per heavy atom. The predicted octanol–water partition coefficient (Wildman–Crippen LogP) is -2.60. The molecule has 0 spiro atoms. The molecule has 0 N–H and O–H groups in total. The lowest BCUT2D eigenvalue weighted by atomic mass is 10.3. The van der Waals surface area contributed by atoms with Gasteiger partial charge in [0.15, 0.2) is 5.76 Å². The summed E-state index contributed by atoms with van der Waals surface area (Å²) < 4.78 is 4.05. The lowest BCUT2D eigenvalue weighted by molar-refractivity contribution is -0.261. The van der Waals surface area contributed by atoms with Gasteiger partial charge in [-0.05, 0) is 0 Å². The van der Waals surface area contributed by atoms with E-state index in [-0.39, 0.29) is 0 Å². The number of carboxylic acids is 2. The highest BCUT2D eigenvalue weighted by Gasteiger charge is 2.08. The van der Waals surface area contributed by atoms with Crippen LogP contribution in [0.2, 0.25) is 0 Å². The molecule has 0 fully saturated rings. The molecule has 1 heterocycles. The fraction of sp³-hybridized carbons (Fsp3) is 0. The van der Waals surface area contributed by atoms with Gasteiger partial charge in [-0.25, -0.2) is 0 Å². The zero-order valence-electron chi connectivity index (χ0n) is 5.07. The van der Waals surface area contributed by atoms with Crippen molar-refractivity contribution in [1.29, 1.82) is 0 Å². The number of aromatic carboxylic acids is 2. The van der Waals surface area contributed by atoms with E-state index in [4.69, 9.17) is 0 Å². The second-order valence-corrected chi connectivity index (χ2v) is 1.64. The molecule has 0 aliphatic rings. The topological polar surface area (TPSA) is 106 Å². The number of carbonyl (C=O) groups excluding carboxylic acids is 2. The molecule has 1 aromatic heterocycles. The molecule has 0 bridgehead atoms. The van der Waals surface area contributed by atoms with Gasteiger partial charge in [-0.1, -0.05) is 5.16 Å². The van der Waals surface area contributed by atoms with Gasteiger partial charge < -0.3 is 24.3 Å². The van der Waals surface area contributed by atoms with Crippen molar-refractivity contribution in [2.75, 3.05) is 0 Å². The third-order valence-electron chi connectivity index (χ3n) is 0.976. The summed E-state index contributed by atoms with van der Waals surface area (Å²) in [5, 5.41) is 23.1. The largest absolute Gasteiger partial charge is 0.545 e. The highest BCUT2D eigenvalue weighted by atomic mass is 16.5. The molecule has 6 nitrogen and oxygen atoms in total. The zero-order chi connectivity index (χ0) is 8.43. The third kappa shape index (κ3) is 1.18. The Hall–Kier alpha value is -1.85. The summed E-state index contributed by atoms with van der Waals surface area (Å²) >= 11 is 0. The molecule has 0 amide bonds. The second kappa shape index (κ2) is 2.41. The van der Waals surface area contributed by atoms with Crippen LogP contribution >= 0.6 is 0 Å². The van der Waals surface area contributed by atoms with Gasteiger partial charge in [-0.15, -0.1) is 0 Å². The molecule has 58 valence electrons. The molecule has 0 aliphatic heterocycles. The van der Waals surface area contributed by atoms with E-state index in [9.17, 15) is 19.8 Å². The minimum atomic E-state index is -1.73. The maximum atomic E-state index is 10.1. The highest BCUT2D eigenvalue weighted by molar-refractivity contribution is 5.97. The Morgan fingerprint density at radius 3 is 2.36 bits per heavy atom. The van der Waals surface area contributed by atoms with Crippen molar-refractivity contribution in [2.45, 2.75) is 0 Å². The summed E-state index contributed by atoms with van der Waals surface area (Å²) in [4.78, 5) is 20.1. The third-order valence-corrected chi connectivity index (χ3v) is 0.976. The Balaban J connectivity index is 3.16. The summed E-state index contributed by atoms with van der Waals surface area (Å²) in [7, 11) is 0. The van der Waals surface area contributed by atoms with Crippen LogP contribution < -0.4 is 10.2 Å². The number of carboxylic acid groups (broad SMARTS) is 2. The normalized spacial score (nSPS) is 9.45. The fourth-order valence-corrected chi connectivity index (χ4v) is 0.532. The lowest BCUT2D eigenvalue weighted by Crippen LogP contribution is -2.28. The average Bonchev–Trinajstić information content (AvgIpc) is 2.32. The molecule has 0 atom stereocenters. The molecule has 11 heavy (non-hydrogen) atoms. The molecular formula is C5HNO5-2. The van der Waals surface area contributed by atoms with E-state index < -0.39 is 23.3 Å². The van der Waals surface area contributed by atoms with Crippen molar-refractivity contribution in [2.24, 2.45) is 0 Å². The molecular weight excluding hydrogens is 154 g/mol. The predicted molar refractivity (Wildman–Crippen MR) is 25.2 cm³/mol. The van der Waals surface area contributed by atoms with E-state index in [1.807, 2.05) is 0 Å². The van der Waals surface area contributed by atoms with Crippen LogP contribution in [0, 0.1) is 0 Å². The van der Waals surface area contributed by atoms with Crippen LogP contribution in [0.25, 0.3) is 0 Å². The molecule has 0 radical (unpaired) electrons. The SMILES string of the molecule is O=C([O-])c1cnoc1C(=O)[O-]. The molecule has 1 rings (SSSR count). The van der Waals surface area contributed by atoms with Gasteiger partial charge in [0.2, 0.25) is 0 Å². The Morgan fingerprint density at radius 2 is 2.00 bits per heavy atom. The van der Waals surface area contributed by atoms with Crippen LogP contribution in [-0.4, -0.2) is 17.1 Å². The van der Waals surface area contributed by atoms with Crippen LogP contribution in [0.15, 0.2) is 10.7 Å². The summed E-state index contributed by atoms with van der Waals surface area (Å²) in [6, 6.07) is 0. The Bertz CT molecular complexity index is 273. The summed E-state index contributed by atoms with van der Waals surface area (Å²) in [6.45, 7) is 0. The first-order chi connectivity index (χ1) is 5.13. The standard InChI is InChI=1S/C5H3NO5/c7-4(8)2-1-6-11-3(2)5(9)10/h1H,(H,7,8)(H,9,10)/p-2. The Kier molecular flexibility index (Phi) is 1.59. The van der Waals surface area contributed by atoms with Gasteiger partial charge in [0.1, 0.15) is 5.97 Å². The maximum Gasteiger partial charge on any atom is 0.191 e. The molecule has 0 unspecified atom stereocenters. The molecule has 1 aromatic rings. The first-order valence-corrected chi connectivity index (χ1v) is 2.50. The minimum Gasteiger partial charge on any atom is -0.545 e. The fourth-order valence-electron chi connectivity index (χ4n) is 0.532. The summed E-state index contributed by atoms with van der Waals surface area (Å²) in [5.41, 5.74) is -0.620.